The molecule has 0 heterocycles. The average molecular weight is 349 g/mol. The number of rotatable bonds is 6. The Hall–Kier alpha value is -3.16. The van der Waals surface area contributed by atoms with Crippen LogP contribution in [0.4, 0.5) is 0 Å². The Morgan fingerprint density at radius 1 is 0.444 bits per heavy atom. The highest BCUT2D eigenvalue weighted by atomic mass is 16.5. The Kier molecular flexibility index (Phi) is 5.13. The summed E-state index contributed by atoms with van der Waals surface area (Å²) in [6, 6.07) is 41.3. The first kappa shape index (κ1) is 17.3. The van der Waals surface area contributed by atoms with Crippen LogP contribution < -0.4 is 0 Å². The van der Waals surface area contributed by atoms with Crippen molar-refractivity contribution in [1.82, 2.24) is 0 Å². The van der Waals surface area contributed by atoms with E-state index in [0.717, 1.165) is 22.3 Å². The number of ether oxygens (including phenoxy) is 1. The Bertz CT molecular complexity index is 851. The molecule has 0 saturated carbocycles. The smallest absolute Gasteiger partial charge is 0.144 e. The zero-order valence-corrected chi connectivity index (χ0v) is 15.0. The van der Waals surface area contributed by atoms with Crippen LogP contribution in [-0.4, -0.2) is 0 Å². The van der Waals surface area contributed by atoms with E-state index in [-0.39, 0.29) is 0 Å². The molecule has 27 heavy (non-hydrogen) atoms. The fourth-order valence-electron chi connectivity index (χ4n) is 3.41. The summed E-state index contributed by atoms with van der Waals surface area (Å²) in [5.41, 5.74) is 3.59. The molecule has 131 valence electrons. The van der Waals surface area contributed by atoms with E-state index in [1.165, 1.54) is 0 Å². The maximum Gasteiger partial charge on any atom is 0.144 e. The molecule has 0 unspecified atom stereocenters. The monoisotopic (exact) mass is 349 g/mol. The summed E-state index contributed by atoms with van der Waals surface area (Å²) < 4.78 is 6.65. The number of hydrogen-bond acceptors (Lipinski definition) is 1. The Morgan fingerprint density at radius 3 is 1.15 bits per heavy atom. The van der Waals surface area contributed by atoms with E-state index < -0.39 is 5.60 Å². The van der Waals surface area contributed by atoms with E-state index in [1.807, 2.05) is 55.1 Å². The molecule has 0 aliphatic carbocycles. The zero-order valence-electron chi connectivity index (χ0n) is 15.0. The van der Waals surface area contributed by atoms with E-state index in [1.54, 1.807) is 0 Å². The van der Waals surface area contributed by atoms with Crippen LogP contribution in [0.15, 0.2) is 121 Å². The molecule has 1 heteroatoms. The molecule has 0 fully saturated rings. The molecule has 0 N–H and O–H groups in total. The normalized spacial score (nSPS) is 11.3. The minimum absolute atomic E-state index is 0.723. The summed E-state index contributed by atoms with van der Waals surface area (Å²) >= 11 is 0. The second kappa shape index (κ2) is 8.03. The maximum absolute atomic E-state index is 6.65. The predicted octanol–water partition coefficient (Wildman–Crippen LogP) is 6.21. The van der Waals surface area contributed by atoms with Gasteiger partial charge in [0, 0.05) is 0 Å². The highest BCUT2D eigenvalue weighted by Gasteiger charge is 2.37. The topological polar surface area (TPSA) is 9.23 Å². The molecular weight excluding hydrogens is 328 g/mol. The summed E-state index contributed by atoms with van der Waals surface area (Å²) in [5, 5.41) is 0. The molecule has 1 nitrogen and oxygen atoms in total. The third kappa shape index (κ3) is 3.55. The van der Waals surface area contributed by atoms with Crippen LogP contribution in [0.3, 0.4) is 0 Å². The van der Waals surface area contributed by atoms with Crippen LogP contribution in [0.1, 0.15) is 22.3 Å². The zero-order chi connectivity index (χ0) is 18.4. The van der Waals surface area contributed by atoms with Crippen LogP contribution in [0.2, 0.25) is 0 Å². The third-order valence-electron chi connectivity index (χ3n) is 4.71. The molecular formula is C26H21O. The van der Waals surface area contributed by atoms with Crippen molar-refractivity contribution in [3.05, 3.63) is 150 Å². The van der Waals surface area contributed by atoms with Crippen molar-refractivity contribution in [2.75, 3.05) is 0 Å². The van der Waals surface area contributed by atoms with Gasteiger partial charge in [-0.3, -0.25) is 0 Å². The van der Waals surface area contributed by atoms with E-state index in [0.29, 0.717) is 0 Å². The quantitative estimate of drug-likeness (QED) is 0.376. The average Bonchev–Trinajstić information content (AvgIpc) is 2.77. The molecule has 0 spiro atoms. The van der Waals surface area contributed by atoms with Gasteiger partial charge < -0.3 is 4.74 Å². The summed E-state index contributed by atoms with van der Waals surface area (Å²) in [7, 11) is 0. The molecule has 0 saturated heterocycles. The molecule has 4 aromatic rings. The minimum atomic E-state index is -0.723. The molecule has 4 aromatic carbocycles. The van der Waals surface area contributed by atoms with Gasteiger partial charge in [-0.15, -0.1) is 0 Å². The highest BCUT2D eigenvalue weighted by Crippen LogP contribution is 2.41. The molecule has 0 aliphatic rings. The van der Waals surface area contributed by atoms with Crippen molar-refractivity contribution in [2.45, 2.75) is 5.60 Å². The summed E-state index contributed by atoms with van der Waals surface area (Å²) in [6.07, 6.45) is 0. The first-order valence-corrected chi connectivity index (χ1v) is 9.12. The van der Waals surface area contributed by atoms with Crippen molar-refractivity contribution in [3.8, 4) is 0 Å². The van der Waals surface area contributed by atoms with Crippen LogP contribution in [0, 0.1) is 6.61 Å². The van der Waals surface area contributed by atoms with Crippen molar-refractivity contribution >= 4 is 0 Å². The molecule has 0 aromatic heterocycles. The first-order chi connectivity index (χ1) is 13.4. The second-order valence-electron chi connectivity index (χ2n) is 6.43. The van der Waals surface area contributed by atoms with Gasteiger partial charge in [-0.2, -0.15) is 0 Å². The number of benzene rings is 4. The van der Waals surface area contributed by atoms with Gasteiger partial charge in [0.25, 0.3) is 0 Å². The Balaban J connectivity index is 1.89. The summed E-state index contributed by atoms with van der Waals surface area (Å²) in [5.74, 6) is 0. The summed E-state index contributed by atoms with van der Waals surface area (Å²) in [4.78, 5) is 0. The van der Waals surface area contributed by atoms with Gasteiger partial charge >= 0.3 is 0 Å². The molecule has 4 rings (SSSR count). The fraction of sp³-hybridized carbons (Fsp3) is 0.0385. The van der Waals surface area contributed by atoms with Gasteiger partial charge in [0.2, 0.25) is 0 Å². The van der Waals surface area contributed by atoms with E-state index in [4.69, 9.17) is 4.74 Å². The van der Waals surface area contributed by atoms with E-state index in [2.05, 4.69) is 72.8 Å². The Morgan fingerprint density at radius 2 is 0.778 bits per heavy atom. The lowest BCUT2D eigenvalue weighted by molar-refractivity contribution is 0.0704. The van der Waals surface area contributed by atoms with Crippen molar-refractivity contribution in [3.63, 3.8) is 0 Å². The molecule has 0 atom stereocenters. The lowest BCUT2D eigenvalue weighted by Crippen LogP contribution is -2.32. The lowest BCUT2D eigenvalue weighted by Gasteiger charge is -2.35. The van der Waals surface area contributed by atoms with Gasteiger partial charge in [-0.05, 0) is 22.3 Å². The second-order valence-corrected chi connectivity index (χ2v) is 6.43. The molecule has 0 amide bonds. The maximum atomic E-state index is 6.65. The van der Waals surface area contributed by atoms with Crippen molar-refractivity contribution in [1.29, 1.82) is 0 Å². The summed E-state index contributed by atoms with van der Waals surface area (Å²) in [6.45, 7) is 1.85. The van der Waals surface area contributed by atoms with Gasteiger partial charge in [0.15, 0.2) is 0 Å². The van der Waals surface area contributed by atoms with Crippen LogP contribution >= 0.6 is 0 Å². The van der Waals surface area contributed by atoms with E-state index in [9.17, 15) is 0 Å². The standard InChI is InChI=1S/C26H21O/c1-5-13-22(14-6-1)21-27-26(23-15-7-2-8-16-23,24-17-9-3-10-18-24)25-19-11-4-12-20-25/h1-21H. The first-order valence-electron chi connectivity index (χ1n) is 9.12. The van der Waals surface area contributed by atoms with E-state index >= 15 is 0 Å². The SMILES string of the molecule is [CH](OC(c1ccccc1)(c1ccccc1)c1ccccc1)c1ccccc1. The molecule has 0 aliphatic heterocycles. The van der Waals surface area contributed by atoms with Crippen LogP contribution in [0.25, 0.3) is 0 Å². The lowest BCUT2D eigenvalue weighted by atomic mass is 9.80. The fourth-order valence-corrected chi connectivity index (χ4v) is 3.41. The van der Waals surface area contributed by atoms with Gasteiger partial charge in [0.05, 0.1) is 0 Å². The Labute approximate surface area is 160 Å². The number of hydrogen-bond donors (Lipinski definition) is 0. The van der Waals surface area contributed by atoms with Crippen LogP contribution in [-0.2, 0) is 10.3 Å². The van der Waals surface area contributed by atoms with Gasteiger partial charge in [-0.25, -0.2) is 0 Å². The molecule has 1 radical (unpaired) electrons. The predicted molar refractivity (Wildman–Crippen MR) is 110 cm³/mol. The largest absolute Gasteiger partial charge is 0.350 e. The third-order valence-corrected chi connectivity index (χ3v) is 4.71. The van der Waals surface area contributed by atoms with Crippen LogP contribution in [0.5, 0.6) is 0 Å². The molecule has 0 bridgehead atoms. The minimum Gasteiger partial charge on any atom is -0.350 e. The highest BCUT2D eigenvalue weighted by molar-refractivity contribution is 5.47. The van der Waals surface area contributed by atoms with Crippen molar-refractivity contribution in [2.24, 2.45) is 0 Å². The van der Waals surface area contributed by atoms with Gasteiger partial charge in [-0.1, -0.05) is 121 Å². The van der Waals surface area contributed by atoms with Gasteiger partial charge in [0.1, 0.15) is 12.2 Å². The van der Waals surface area contributed by atoms with Crippen molar-refractivity contribution < 1.29 is 4.74 Å².